The lowest BCUT2D eigenvalue weighted by atomic mass is 10.3. The fourth-order valence-electron chi connectivity index (χ4n) is 1.68. The van der Waals surface area contributed by atoms with E-state index < -0.39 is 0 Å². The van der Waals surface area contributed by atoms with E-state index in [1.54, 1.807) is 19.1 Å². The highest BCUT2D eigenvalue weighted by Gasteiger charge is 2.15. The summed E-state index contributed by atoms with van der Waals surface area (Å²) >= 11 is 1.48. The zero-order valence-corrected chi connectivity index (χ0v) is 13.1. The average molecular weight is 313 g/mol. The number of halogens is 1. The Morgan fingerprint density at radius 3 is 2.48 bits per heavy atom. The van der Waals surface area contributed by atoms with Gasteiger partial charge in [0.25, 0.3) is 0 Å². The molecule has 1 aromatic carbocycles. The molecule has 0 atom stereocenters. The summed E-state index contributed by atoms with van der Waals surface area (Å²) in [5.41, 5.74) is 0. The quantitative estimate of drug-likeness (QED) is 0.547. The standard InChI is InChI=1S/C15H20FNO3S/c1-3-17(11-15(19)20-4-2)14(18)9-10-21-13-7-5-12(16)6-8-13/h5-8H,3-4,9-11H2,1-2H3. The number of carbonyl (C=O) groups is 2. The van der Waals surface area contributed by atoms with Gasteiger partial charge in [0, 0.05) is 23.6 Å². The molecule has 1 aromatic rings. The molecule has 0 unspecified atom stereocenters. The Balaban J connectivity index is 2.36. The van der Waals surface area contributed by atoms with Crippen molar-refractivity contribution in [3.63, 3.8) is 0 Å². The number of ether oxygens (including phenoxy) is 1. The minimum absolute atomic E-state index is 0.00954. The van der Waals surface area contributed by atoms with Gasteiger partial charge < -0.3 is 9.64 Å². The van der Waals surface area contributed by atoms with E-state index in [1.807, 2.05) is 6.92 Å². The first-order chi connectivity index (χ1) is 10.1. The zero-order valence-electron chi connectivity index (χ0n) is 12.3. The number of likely N-dealkylation sites (N-methyl/N-ethyl adjacent to an activating group) is 1. The van der Waals surface area contributed by atoms with Crippen LogP contribution in [0.25, 0.3) is 0 Å². The van der Waals surface area contributed by atoms with Crippen LogP contribution in [0.1, 0.15) is 20.3 Å². The predicted molar refractivity (Wildman–Crippen MR) is 80.6 cm³/mol. The molecule has 0 heterocycles. The van der Waals surface area contributed by atoms with E-state index in [4.69, 9.17) is 4.74 Å². The SMILES string of the molecule is CCOC(=O)CN(CC)C(=O)CCSc1ccc(F)cc1. The van der Waals surface area contributed by atoms with Crippen LogP contribution in [-0.4, -0.2) is 42.2 Å². The molecule has 1 amide bonds. The Bertz CT molecular complexity index is 464. The maximum absolute atomic E-state index is 12.8. The topological polar surface area (TPSA) is 46.6 Å². The van der Waals surface area contributed by atoms with Gasteiger partial charge in [0.1, 0.15) is 12.4 Å². The van der Waals surface area contributed by atoms with Crippen molar-refractivity contribution in [3.8, 4) is 0 Å². The molecule has 1 rings (SSSR count). The van der Waals surface area contributed by atoms with Crippen LogP contribution in [0.5, 0.6) is 0 Å². The fourth-order valence-corrected chi connectivity index (χ4v) is 2.52. The minimum atomic E-state index is -0.390. The third kappa shape index (κ3) is 6.62. The van der Waals surface area contributed by atoms with Crippen LogP contribution < -0.4 is 0 Å². The lowest BCUT2D eigenvalue weighted by Gasteiger charge is -2.19. The van der Waals surface area contributed by atoms with Crippen LogP contribution in [-0.2, 0) is 14.3 Å². The van der Waals surface area contributed by atoms with Crippen molar-refractivity contribution < 1.29 is 18.7 Å². The predicted octanol–water partition coefficient (Wildman–Crippen LogP) is 2.72. The second kappa shape index (κ2) is 9.39. The molecular weight excluding hydrogens is 293 g/mol. The first-order valence-corrected chi connectivity index (χ1v) is 7.87. The molecule has 0 aromatic heterocycles. The minimum Gasteiger partial charge on any atom is -0.465 e. The molecule has 116 valence electrons. The Morgan fingerprint density at radius 2 is 1.90 bits per heavy atom. The van der Waals surface area contributed by atoms with Crippen molar-refractivity contribution in [2.45, 2.75) is 25.2 Å². The fraction of sp³-hybridized carbons (Fsp3) is 0.467. The third-order valence-corrected chi connectivity index (χ3v) is 3.77. The van der Waals surface area contributed by atoms with Crippen LogP contribution in [0.15, 0.2) is 29.2 Å². The molecule has 0 aliphatic heterocycles. The van der Waals surface area contributed by atoms with Crippen LogP contribution in [0.2, 0.25) is 0 Å². The molecule has 4 nitrogen and oxygen atoms in total. The van der Waals surface area contributed by atoms with Crippen molar-refractivity contribution in [1.29, 1.82) is 0 Å². The molecule has 0 N–H and O–H groups in total. The summed E-state index contributed by atoms with van der Waals surface area (Å²) in [6, 6.07) is 6.15. The van der Waals surface area contributed by atoms with Gasteiger partial charge in [0.05, 0.1) is 6.61 Å². The van der Waals surface area contributed by atoms with Gasteiger partial charge in [-0.15, -0.1) is 11.8 Å². The van der Waals surface area contributed by atoms with Gasteiger partial charge in [-0.3, -0.25) is 9.59 Å². The summed E-state index contributed by atoms with van der Waals surface area (Å²) in [6.45, 7) is 4.33. The highest BCUT2D eigenvalue weighted by Crippen LogP contribution is 2.19. The van der Waals surface area contributed by atoms with Crippen LogP contribution in [0, 0.1) is 5.82 Å². The molecule has 0 radical (unpaired) electrons. The summed E-state index contributed by atoms with van der Waals surface area (Å²) in [5, 5.41) is 0. The molecular formula is C15H20FNO3S. The molecule has 0 aliphatic rings. The van der Waals surface area contributed by atoms with E-state index >= 15 is 0 Å². The number of hydrogen-bond donors (Lipinski definition) is 0. The Morgan fingerprint density at radius 1 is 1.24 bits per heavy atom. The first-order valence-electron chi connectivity index (χ1n) is 6.88. The molecule has 0 aliphatic carbocycles. The number of hydrogen-bond acceptors (Lipinski definition) is 4. The highest BCUT2D eigenvalue weighted by molar-refractivity contribution is 7.99. The zero-order chi connectivity index (χ0) is 15.7. The van der Waals surface area contributed by atoms with Gasteiger partial charge in [-0.2, -0.15) is 0 Å². The Hall–Kier alpha value is -1.56. The van der Waals surface area contributed by atoms with E-state index in [0.29, 0.717) is 25.3 Å². The maximum atomic E-state index is 12.8. The van der Waals surface area contributed by atoms with Crippen molar-refractivity contribution >= 4 is 23.6 Å². The largest absolute Gasteiger partial charge is 0.465 e. The third-order valence-electron chi connectivity index (χ3n) is 2.76. The van der Waals surface area contributed by atoms with E-state index in [2.05, 4.69) is 0 Å². The van der Waals surface area contributed by atoms with Crippen LogP contribution in [0.4, 0.5) is 4.39 Å². The molecule has 0 bridgehead atoms. The number of amides is 1. The molecule has 0 saturated heterocycles. The Kier molecular flexibility index (Phi) is 7.82. The van der Waals surface area contributed by atoms with E-state index in [-0.39, 0.29) is 24.2 Å². The van der Waals surface area contributed by atoms with Gasteiger partial charge >= 0.3 is 5.97 Å². The molecule has 6 heteroatoms. The van der Waals surface area contributed by atoms with Crippen molar-refractivity contribution in [3.05, 3.63) is 30.1 Å². The van der Waals surface area contributed by atoms with Crippen LogP contribution in [0.3, 0.4) is 0 Å². The smallest absolute Gasteiger partial charge is 0.325 e. The lowest BCUT2D eigenvalue weighted by Crippen LogP contribution is -2.36. The van der Waals surface area contributed by atoms with Gasteiger partial charge in [0.15, 0.2) is 0 Å². The molecule has 0 fully saturated rings. The Labute approximate surface area is 128 Å². The lowest BCUT2D eigenvalue weighted by molar-refractivity contribution is -0.148. The second-order valence-corrected chi connectivity index (χ2v) is 5.43. The number of carbonyl (C=O) groups excluding carboxylic acids is 2. The highest BCUT2D eigenvalue weighted by atomic mass is 32.2. The number of benzene rings is 1. The summed E-state index contributed by atoms with van der Waals surface area (Å²) in [7, 11) is 0. The van der Waals surface area contributed by atoms with Crippen molar-refractivity contribution in [2.75, 3.05) is 25.4 Å². The van der Waals surface area contributed by atoms with E-state index in [0.717, 1.165) is 4.90 Å². The van der Waals surface area contributed by atoms with Crippen molar-refractivity contribution in [2.24, 2.45) is 0 Å². The van der Waals surface area contributed by atoms with E-state index in [1.165, 1.54) is 28.8 Å². The van der Waals surface area contributed by atoms with Gasteiger partial charge in [-0.05, 0) is 38.1 Å². The van der Waals surface area contributed by atoms with E-state index in [9.17, 15) is 14.0 Å². The number of nitrogens with zero attached hydrogens (tertiary/aromatic N) is 1. The summed E-state index contributed by atoms with van der Waals surface area (Å²) in [5.74, 6) is -0.162. The monoisotopic (exact) mass is 313 g/mol. The van der Waals surface area contributed by atoms with Gasteiger partial charge in [-0.1, -0.05) is 0 Å². The first kappa shape index (κ1) is 17.5. The normalized spacial score (nSPS) is 10.2. The van der Waals surface area contributed by atoms with Crippen molar-refractivity contribution in [1.82, 2.24) is 4.90 Å². The number of thioether (sulfide) groups is 1. The summed E-state index contributed by atoms with van der Waals surface area (Å²) < 4.78 is 17.6. The van der Waals surface area contributed by atoms with Gasteiger partial charge in [-0.25, -0.2) is 4.39 Å². The van der Waals surface area contributed by atoms with Crippen LogP contribution >= 0.6 is 11.8 Å². The second-order valence-electron chi connectivity index (χ2n) is 4.27. The summed E-state index contributed by atoms with van der Waals surface area (Å²) in [4.78, 5) is 25.8. The number of esters is 1. The molecule has 21 heavy (non-hydrogen) atoms. The summed E-state index contributed by atoms with van der Waals surface area (Å²) in [6.07, 6.45) is 0.329. The maximum Gasteiger partial charge on any atom is 0.325 e. The molecule has 0 spiro atoms. The molecule has 0 saturated carbocycles. The van der Waals surface area contributed by atoms with Gasteiger partial charge in [0.2, 0.25) is 5.91 Å². The number of rotatable bonds is 8. The average Bonchev–Trinajstić information content (AvgIpc) is 2.47.